The average Bonchev–Trinajstić information content (AvgIpc) is 2.53. The van der Waals surface area contributed by atoms with Crippen LogP contribution >= 0.6 is 0 Å². The monoisotopic (exact) mass is 291 g/mol. The second-order valence-electron chi connectivity index (χ2n) is 6.10. The molecular formula is C16H22FN3O. The zero-order valence-corrected chi connectivity index (χ0v) is 12.1. The highest BCUT2D eigenvalue weighted by atomic mass is 19.1. The van der Waals surface area contributed by atoms with Gasteiger partial charge in [0.25, 0.3) is 0 Å². The minimum atomic E-state index is -0.287. The minimum Gasteiger partial charge on any atom is -0.409 e. The standard InChI is InChI=1S/C16H22FN3O/c17-13-10-12(16(18)19-21)7-8-15(13)20-9-3-5-11-4-1-2-6-14(11)20/h7-8,10-11,14,21H,1-6,9H2,(H2,18,19)/t11-,14-/m1/s1. The first-order valence-corrected chi connectivity index (χ1v) is 7.75. The Balaban J connectivity index is 1.88. The summed E-state index contributed by atoms with van der Waals surface area (Å²) in [5.74, 6) is 0.357. The molecule has 21 heavy (non-hydrogen) atoms. The summed E-state index contributed by atoms with van der Waals surface area (Å²) in [6.45, 7) is 0.918. The van der Waals surface area contributed by atoms with E-state index in [0.717, 1.165) is 19.4 Å². The molecule has 1 aliphatic carbocycles. The molecule has 3 rings (SSSR count). The Morgan fingerprint density at radius 3 is 2.76 bits per heavy atom. The minimum absolute atomic E-state index is 0.0605. The van der Waals surface area contributed by atoms with Crippen molar-refractivity contribution in [2.45, 2.75) is 44.6 Å². The summed E-state index contributed by atoms with van der Waals surface area (Å²) in [5.41, 5.74) is 6.58. The molecule has 0 spiro atoms. The highest BCUT2D eigenvalue weighted by Crippen LogP contribution is 2.38. The van der Waals surface area contributed by atoms with E-state index >= 15 is 0 Å². The fourth-order valence-corrected chi connectivity index (χ4v) is 3.88. The summed E-state index contributed by atoms with van der Waals surface area (Å²) in [6.07, 6.45) is 7.37. The fraction of sp³-hybridized carbons (Fsp3) is 0.562. The van der Waals surface area contributed by atoms with Gasteiger partial charge in [-0.2, -0.15) is 0 Å². The van der Waals surface area contributed by atoms with Crippen molar-refractivity contribution in [2.24, 2.45) is 16.8 Å². The van der Waals surface area contributed by atoms with Crippen LogP contribution in [0, 0.1) is 11.7 Å². The summed E-state index contributed by atoms with van der Waals surface area (Å²) in [5, 5.41) is 11.6. The van der Waals surface area contributed by atoms with Crippen LogP contribution in [0.15, 0.2) is 23.4 Å². The predicted octanol–water partition coefficient (Wildman–Crippen LogP) is 3.08. The summed E-state index contributed by atoms with van der Waals surface area (Å²) in [6, 6.07) is 5.31. The van der Waals surface area contributed by atoms with Crippen molar-refractivity contribution in [1.82, 2.24) is 0 Å². The van der Waals surface area contributed by atoms with Crippen LogP contribution in [-0.2, 0) is 0 Å². The molecule has 1 aliphatic heterocycles. The van der Waals surface area contributed by atoms with Crippen LogP contribution in [0.2, 0.25) is 0 Å². The zero-order chi connectivity index (χ0) is 14.8. The number of nitrogens with zero attached hydrogens (tertiary/aromatic N) is 2. The molecule has 5 heteroatoms. The van der Waals surface area contributed by atoms with Crippen LogP contribution in [-0.4, -0.2) is 23.6 Å². The number of amidine groups is 1. The van der Waals surface area contributed by atoms with E-state index < -0.39 is 0 Å². The number of fused-ring (bicyclic) bond motifs is 1. The smallest absolute Gasteiger partial charge is 0.170 e. The Hall–Kier alpha value is -1.78. The number of nitrogens with two attached hydrogens (primary N) is 1. The van der Waals surface area contributed by atoms with E-state index in [0.29, 0.717) is 23.2 Å². The van der Waals surface area contributed by atoms with Gasteiger partial charge in [-0.25, -0.2) is 4.39 Å². The Bertz CT molecular complexity index is 544. The third-order valence-electron chi connectivity index (χ3n) is 4.90. The van der Waals surface area contributed by atoms with Crippen LogP contribution in [0.25, 0.3) is 0 Å². The molecule has 114 valence electrons. The number of benzene rings is 1. The SMILES string of the molecule is N/C(=N/O)c1ccc(N2CCC[C@H]3CCCC[C@H]32)c(F)c1. The van der Waals surface area contributed by atoms with E-state index in [1.54, 1.807) is 12.1 Å². The number of piperidine rings is 1. The normalized spacial score (nSPS) is 26.5. The number of hydrogen-bond acceptors (Lipinski definition) is 3. The Morgan fingerprint density at radius 1 is 1.24 bits per heavy atom. The van der Waals surface area contributed by atoms with Gasteiger partial charge in [-0.15, -0.1) is 0 Å². The maximum Gasteiger partial charge on any atom is 0.170 e. The van der Waals surface area contributed by atoms with Crippen molar-refractivity contribution in [1.29, 1.82) is 0 Å². The molecule has 2 fully saturated rings. The largest absolute Gasteiger partial charge is 0.409 e. The number of hydrogen-bond donors (Lipinski definition) is 2. The second kappa shape index (κ2) is 5.92. The van der Waals surface area contributed by atoms with Crippen molar-refractivity contribution in [2.75, 3.05) is 11.4 Å². The van der Waals surface area contributed by atoms with Gasteiger partial charge < -0.3 is 15.8 Å². The van der Waals surface area contributed by atoms with Gasteiger partial charge in [-0.05, 0) is 49.8 Å². The highest BCUT2D eigenvalue weighted by Gasteiger charge is 2.34. The van der Waals surface area contributed by atoms with Crippen LogP contribution in [0.4, 0.5) is 10.1 Å². The van der Waals surface area contributed by atoms with Crippen LogP contribution in [0.5, 0.6) is 0 Å². The molecule has 0 amide bonds. The molecule has 1 saturated heterocycles. The van der Waals surface area contributed by atoms with E-state index in [9.17, 15) is 4.39 Å². The molecule has 1 heterocycles. The Morgan fingerprint density at radius 2 is 2.00 bits per heavy atom. The number of halogens is 1. The van der Waals surface area contributed by atoms with E-state index in [4.69, 9.17) is 10.9 Å². The number of anilines is 1. The molecule has 0 bridgehead atoms. The third-order valence-corrected chi connectivity index (χ3v) is 4.90. The first-order chi connectivity index (χ1) is 10.2. The third kappa shape index (κ3) is 2.69. The van der Waals surface area contributed by atoms with Crippen molar-refractivity contribution in [3.8, 4) is 0 Å². The maximum absolute atomic E-state index is 14.5. The van der Waals surface area contributed by atoms with E-state index in [-0.39, 0.29) is 11.7 Å². The van der Waals surface area contributed by atoms with E-state index in [1.807, 2.05) is 0 Å². The fourth-order valence-electron chi connectivity index (χ4n) is 3.88. The average molecular weight is 291 g/mol. The molecule has 1 saturated carbocycles. The van der Waals surface area contributed by atoms with Gasteiger partial charge in [-0.3, -0.25) is 0 Å². The molecule has 2 aliphatic rings. The molecule has 0 unspecified atom stereocenters. The first-order valence-electron chi connectivity index (χ1n) is 7.75. The van der Waals surface area contributed by atoms with E-state index in [2.05, 4.69) is 10.1 Å². The quantitative estimate of drug-likeness (QED) is 0.381. The molecular weight excluding hydrogens is 269 g/mol. The summed E-state index contributed by atoms with van der Waals surface area (Å²) in [4.78, 5) is 2.23. The number of oxime groups is 1. The van der Waals surface area contributed by atoms with Crippen molar-refractivity contribution in [3.05, 3.63) is 29.6 Å². The number of rotatable bonds is 2. The lowest BCUT2D eigenvalue weighted by atomic mass is 9.78. The summed E-state index contributed by atoms with van der Waals surface area (Å²) < 4.78 is 14.5. The summed E-state index contributed by atoms with van der Waals surface area (Å²) in [7, 11) is 0. The van der Waals surface area contributed by atoms with E-state index in [1.165, 1.54) is 31.7 Å². The Labute approximate surface area is 124 Å². The van der Waals surface area contributed by atoms with Crippen LogP contribution in [0.3, 0.4) is 0 Å². The molecule has 0 radical (unpaired) electrons. The zero-order valence-electron chi connectivity index (χ0n) is 12.1. The van der Waals surface area contributed by atoms with Gasteiger partial charge in [0.05, 0.1) is 5.69 Å². The van der Waals surface area contributed by atoms with Crippen molar-refractivity contribution >= 4 is 11.5 Å². The van der Waals surface area contributed by atoms with Gasteiger partial charge >= 0.3 is 0 Å². The van der Waals surface area contributed by atoms with Crippen molar-refractivity contribution < 1.29 is 9.60 Å². The topological polar surface area (TPSA) is 61.9 Å². The Kier molecular flexibility index (Phi) is 3.99. The van der Waals surface area contributed by atoms with Crippen LogP contribution < -0.4 is 10.6 Å². The maximum atomic E-state index is 14.5. The molecule has 4 nitrogen and oxygen atoms in total. The lowest BCUT2D eigenvalue weighted by Crippen LogP contribution is -2.47. The van der Waals surface area contributed by atoms with Crippen LogP contribution in [0.1, 0.15) is 44.1 Å². The van der Waals surface area contributed by atoms with Gasteiger partial charge in [0.15, 0.2) is 5.84 Å². The lowest BCUT2D eigenvalue weighted by Gasteiger charge is -2.45. The predicted molar refractivity (Wildman–Crippen MR) is 81.2 cm³/mol. The second-order valence-corrected chi connectivity index (χ2v) is 6.10. The van der Waals surface area contributed by atoms with Gasteiger partial charge in [0, 0.05) is 18.2 Å². The molecule has 2 atom stereocenters. The molecule has 1 aromatic rings. The van der Waals surface area contributed by atoms with Gasteiger partial charge in [0.1, 0.15) is 5.82 Å². The highest BCUT2D eigenvalue weighted by molar-refractivity contribution is 5.97. The van der Waals surface area contributed by atoms with Crippen molar-refractivity contribution in [3.63, 3.8) is 0 Å². The first kappa shape index (κ1) is 14.2. The molecule has 0 aromatic heterocycles. The molecule has 3 N–H and O–H groups in total. The summed E-state index contributed by atoms with van der Waals surface area (Å²) >= 11 is 0. The molecule has 1 aromatic carbocycles. The van der Waals surface area contributed by atoms with Gasteiger partial charge in [-0.1, -0.05) is 18.0 Å². The van der Waals surface area contributed by atoms with Gasteiger partial charge in [0.2, 0.25) is 0 Å². The lowest BCUT2D eigenvalue weighted by molar-refractivity contribution is 0.242.